The van der Waals surface area contributed by atoms with E-state index in [1.165, 1.54) is 4.31 Å². The van der Waals surface area contributed by atoms with Gasteiger partial charge in [0, 0.05) is 18.2 Å². The lowest BCUT2D eigenvalue weighted by Gasteiger charge is -2.58. The van der Waals surface area contributed by atoms with E-state index in [0.717, 1.165) is 19.3 Å². The molecule has 3 unspecified atom stereocenters. The minimum absolute atomic E-state index is 0.00977. The molecule has 0 radical (unpaired) electrons. The van der Waals surface area contributed by atoms with Crippen molar-refractivity contribution in [2.24, 2.45) is 15.2 Å². The smallest absolute Gasteiger partial charge is 0.199 e. The van der Waals surface area contributed by atoms with Gasteiger partial charge in [0.15, 0.2) is 0 Å². The maximum Gasteiger partial charge on any atom is 0.276 e. The Bertz CT molecular complexity index is 768. The van der Waals surface area contributed by atoms with E-state index < -0.39 is 10.3 Å². The van der Waals surface area contributed by atoms with Crippen molar-refractivity contribution in [1.82, 2.24) is 4.31 Å². The molecule has 124 valence electrons. The van der Waals surface area contributed by atoms with Gasteiger partial charge in [0.05, 0.1) is 5.69 Å². The third-order valence-electron chi connectivity index (χ3n) is 5.23. The third-order valence-corrected chi connectivity index (χ3v) is 6.63. The van der Waals surface area contributed by atoms with Gasteiger partial charge in [0.1, 0.15) is 0 Å². The first-order valence-electron chi connectivity index (χ1n) is 7.96. The fourth-order valence-corrected chi connectivity index (χ4v) is 6.04. The molecule has 2 saturated heterocycles. The minimum Gasteiger partial charge on any atom is -0.199 e. The molecular weight excluding hydrogens is 311 g/mol. The lowest BCUT2D eigenvalue weighted by molar-refractivity contribution is -0.0497. The molecule has 2 aliphatic heterocycles. The highest BCUT2D eigenvalue weighted by Gasteiger charge is 2.54. The van der Waals surface area contributed by atoms with E-state index in [2.05, 4.69) is 31.1 Å². The molecule has 1 aliphatic carbocycles. The van der Waals surface area contributed by atoms with E-state index in [0.29, 0.717) is 17.8 Å². The van der Waals surface area contributed by atoms with Crippen LogP contribution < -0.4 is 0 Å². The van der Waals surface area contributed by atoms with E-state index >= 15 is 3.89 Å². The summed E-state index contributed by atoms with van der Waals surface area (Å²) in [5.74, 6) is 2.50. The van der Waals surface area contributed by atoms with E-state index in [-0.39, 0.29) is 16.9 Å². The standard InChI is InChI=1S/C18H23FN2OS/c1-5-14-6-8-15(9-7-14)20-23(19,22)21-13-18(4)11-10-16(21)17(2,3)12-18/h1,6-9,16H,10-13H2,2-4H3. The van der Waals surface area contributed by atoms with Gasteiger partial charge in [-0.1, -0.05) is 26.7 Å². The van der Waals surface area contributed by atoms with Crippen LogP contribution in [0.5, 0.6) is 0 Å². The molecule has 2 heterocycles. The van der Waals surface area contributed by atoms with Crippen molar-refractivity contribution in [3.05, 3.63) is 29.8 Å². The minimum atomic E-state index is -3.94. The Kier molecular flexibility index (Phi) is 3.81. The van der Waals surface area contributed by atoms with E-state index in [9.17, 15) is 4.21 Å². The zero-order valence-electron chi connectivity index (χ0n) is 13.9. The molecule has 3 atom stereocenters. The highest BCUT2D eigenvalue weighted by Crippen LogP contribution is 2.54. The second-order valence-electron chi connectivity index (χ2n) is 7.82. The lowest BCUT2D eigenvalue weighted by atomic mass is 9.59. The van der Waals surface area contributed by atoms with Crippen molar-refractivity contribution in [1.29, 1.82) is 0 Å². The number of rotatable bonds is 2. The average Bonchev–Trinajstić information content (AvgIpc) is 2.45. The SMILES string of the molecule is C#Cc1ccc(N=S(=O)(F)N2CC3(C)CCC2C(C)(C)C3)cc1. The van der Waals surface area contributed by atoms with Gasteiger partial charge in [0.2, 0.25) is 0 Å². The Hall–Kier alpha value is -1.38. The second kappa shape index (κ2) is 5.32. The first-order chi connectivity index (χ1) is 10.7. The number of piperidine rings is 2. The summed E-state index contributed by atoms with van der Waals surface area (Å²) in [6, 6.07) is 6.56. The van der Waals surface area contributed by atoms with Crippen LogP contribution in [0.3, 0.4) is 0 Å². The summed E-state index contributed by atoms with van der Waals surface area (Å²) in [5.41, 5.74) is 1.01. The van der Waals surface area contributed by atoms with E-state index in [1.807, 2.05) is 0 Å². The first kappa shape index (κ1) is 16.5. The van der Waals surface area contributed by atoms with Crippen LogP contribution in [-0.2, 0) is 10.3 Å². The Morgan fingerprint density at radius 1 is 1.35 bits per heavy atom. The summed E-state index contributed by atoms with van der Waals surface area (Å²) in [5, 5.41) is 0. The van der Waals surface area contributed by atoms with Crippen LogP contribution in [0.25, 0.3) is 0 Å². The van der Waals surface area contributed by atoms with Gasteiger partial charge in [-0.15, -0.1) is 10.3 Å². The Morgan fingerprint density at radius 2 is 2.00 bits per heavy atom. The summed E-state index contributed by atoms with van der Waals surface area (Å²) in [6.45, 7) is 6.94. The highest BCUT2D eigenvalue weighted by atomic mass is 32.3. The molecular formula is C18H23FN2OS. The summed E-state index contributed by atoms with van der Waals surface area (Å²) < 4.78 is 33.2. The van der Waals surface area contributed by atoms with Crippen LogP contribution in [0.15, 0.2) is 28.6 Å². The molecule has 4 rings (SSSR count). The molecule has 1 saturated carbocycles. The quantitative estimate of drug-likeness (QED) is 0.580. The fourth-order valence-electron chi connectivity index (χ4n) is 4.37. The van der Waals surface area contributed by atoms with Crippen LogP contribution in [-0.4, -0.2) is 21.1 Å². The molecule has 1 aromatic rings. The van der Waals surface area contributed by atoms with Crippen molar-refractivity contribution in [3.63, 3.8) is 0 Å². The van der Waals surface area contributed by atoms with E-state index in [4.69, 9.17) is 6.42 Å². The summed E-state index contributed by atoms with van der Waals surface area (Å²) in [4.78, 5) is 0. The van der Waals surface area contributed by atoms with Crippen LogP contribution >= 0.6 is 0 Å². The molecule has 3 aliphatic rings. The van der Waals surface area contributed by atoms with Gasteiger partial charge < -0.3 is 0 Å². The molecule has 0 amide bonds. The highest BCUT2D eigenvalue weighted by molar-refractivity contribution is 7.86. The van der Waals surface area contributed by atoms with Gasteiger partial charge >= 0.3 is 0 Å². The van der Waals surface area contributed by atoms with Crippen LogP contribution in [0.1, 0.15) is 45.6 Å². The number of benzene rings is 1. The van der Waals surface area contributed by atoms with Gasteiger partial charge in [-0.05, 0) is 54.4 Å². The van der Waals surface area contributed by atoms with Crippen molar-refractivity contribution in [3.8, 4) is 12.3 Å². The molecule has 3 nitrogen and oxygen atoms in total. The maximum atomic E-state index is 15.1. The number of hydrogen-bond donors (Lipinski definition) is 0. The first-order valence-corrected chi connectivity index (χ1v) is 9.33. The monoisotopic (exact) mass is 334 g/mol. The van der Waals surface area contributed by atoms with Crippen molar-refractivity contribution in [2.45, 2.75) is 46.1 Å². The number of nitrogens with zero attached hydrogens (tertiary/aromatic N) is 2. The zero-order valence-corrected chi connectivity index (χ0v) is 14.7. The van der Waals surface area contributed by atoms with E-state index in [1.54, 1.807) is 24.3 Å². The van der Waals surface area contributed by atoms with Crippen LogP contribution in [0, 0.1) is 23.2 Å². The molecule has 2 bridgehead atoms. The molecule has 5 heteroatoms. The topological polar surface area (TPSA) is 32.7 Å². The van der Waals surface area contributed by atoms with Crippen molar-refractivity contribution in [2.75, 3.05) is 6.54 Å². The Labute approximate surface area is 138 Å². The van der Waals surface area contributed by atoms with Crippen LogP contribution in [0.4, 0.5) is 9.57 Å². The predicted octanol–water partition coefficient (Wildman–Crippen LogP) is 4.47. The maximum absolute atomic E-state index is 15.1. The molecule has 0 aromatic heterocycles. The number of halogens is 1. The molecule has 1 aromatic carbocycles. The summed E-state index contributed by atoms with van der Waals surface area (Å²) in [6.07, 6.45) is 8.28. The van der Waals surface area contributed by atoms with Crippen molar-refractivity contribution >= 4 is 16.0 Å². The number of terminal acetylenes is 1. The Balaban J connectivity index is 1.97. The lowest BCUT2D eigenvalue weighted by Crippen LogP contribution is -2.61. The average molecular weight is 334 g/mol. The van der Waals surface area contributed by atoms with Gasteiger partial charge in [-0.2, -0.15) is 12.9 Å². The predicted molar refractivity (Wildman–Crippen MR) is 91.9 cm³/mol. The van der Waals surface area contributed by atoms with Gasteiger partial charge in [0.25, 0.3) is 10.3 Å². The molecule has 0 N–H and O–H groups in total. The fraction of sp³-hybridized carbons (Fsp3) is 0.556. The van der Waals surface area contributed by atoms with Gasteiger partial charge in [-0.3, -0.25) is 0 Å². The number of hydrogen-bond acceptors (Lipinski definition) is 2. The Morgan fingerprint density at radius 3 is 2.52 bits per heavy atom. The number of fused-ring (bicyclic) bond motifs is 3. The molecule has 0 spiro atoms. The normalized spacial score (nSPS) is 32.0. The largest absolute Gasteiger partial charge is 0.276 e. The van der Waals surface area contributed by atoms with Gasteiger partial charge in [-0.25, -0.2) is 0 Å². The second-order valence-corrected chi connectivity index (χ2v) is 9.33. The molecule has 23 heavy (non-hydrogen) atoms. The van der Waals surface area contributed by atoms with Crippen LogP contribution in [0.2, 0.25) is 0 Å². The van der Waals surface area contributed by atoms with Crippen molar-refractivity contribution < 1.29 is 8.09 Å². The summed E-state index contributed by atoms with van der Waals surface area (Å²) in [7, 11) is -3.94. The zero-order chi connectivity index (χ0) is 16.9. The summed E-state index contributed by atoms with van der Waals surface area (Å²) >= 11 is 0. The third kappa shape index (κ3) is 3.02. The molecule has 3 fully saturated rings.